The van der Waals surface area contributed by atoms with Gasteiger partial charge in [-0.25, -0.2) is 9.97 Å². The summed E-state index contributed by atoms with van der Waals surface area (Å²) in [6, 6.07) is 6.96. The molecule has 1 heterocycles. The number of hydrogen-bond donors (Lipinski definition) is 1. The van der Waals surface area contributed by atoms with Crippen LogP contribution in [0.2, 0.25) is 0 Å². The summed E-state index contributed by atoms with van der Waals surface area (Å²) in [4.78, 5) is 8.81. The van der Waals surface area contributed by atoms with Gasteiger partial charge in [0.15, 0.2) is 5.82 Å². The van der Waals surface area contributed by atoms with Crippen molar-refractivity contribution >= 4 is 0 Å². The van der Waals surface area contributed by atoms with E-state index in [0.717, 1.165) is 17.9 Å². The van der Waals surface area contributed by atoms with Crippen molar-refractivity contribution < 1.29 is 5.11 Å². The number of aromatic nitrogens is 2. The fraction of sp³-hybridized carbons (Fsp3) is 0.412. The summed E-state index contributed by atoms with van der Waals surface area (Å²) in [7, 11) is 0. The molecule has 0 amide bonds. The summed E-state index contributed by atoms with van der Waals surface area (Å²) in [6.07, 6.45) is 8.56. The Hall–Kier alpha value is -1.90. The van der Waals surface area contributed by atoms with Crippen molar-refractivity contribution in [2.24, 2.45) is 5.92 Å². The van der Waals surface area contributed by atoms with Crippen LogP contribution in [0.4, 0.5) is 0 Å². The number of nitrogens with zero attached hydrogens (tertiary/aromatic N) is 2. The van der Waals surface area contributed by atoms with E-state index in [2.05, 4.69) is 23.8 Å². The van der Waals surface area contributed by atoms with E-state index in [1.165, 1.54) is 24.8 Å². The van der Waals surface area contributed by atoms with E-state index >= 15 is 0 Å². The van der Waals surface area contributed by atoms with Crippen LogP contribution in [0.25, 0.3) is 11.4 Å². The fourth-order valence-corrected chi connectivity index (χ4v) is 2.10. The molecule has 1 aromatic heterocycles. The van der Waals surface area contributed by atoms with Crippen LogP contribution in [0, 0.1) is 5.92 Å². The molecule has 0 aliphatic carbocycles. The Kier molecular flexibility index (Phi) is 5.10. The Bertz CT molecular complexity index is 520. The van der Waals surface area contributed by atoms with E-state index in [0.29, 0.717) is 5.82 Å². The normalized spacial score (nSPS) is 12.3. The average molecular weight is 270 g/mol. The zero-order valence-electron chi connectivity index (χ0n) is 12.2. The molecule has 1 unspecified atom stereocenters. The summed E-state index contributed by atoms with van der Waals surface area (Å²) in [5.41, 5.74) is 2.12. The van der Waals surface area contributed by atoms with Crippen LogP contribution in [0.5, 0.6) is 5.75 Å². The molecule has 1 N–H and O–H groups in total. The zero-order valence-corrected chi connectivity index (χ0v) is 12.2. The number of hydrogen-bond acceptors (Lipinski definition) is 3. The van der Waals surface area contributed by atoms with Crippen LogP contribution in [0.1, 0.15) is 38.7 Å². The van der Waals surface area contributed by atoms with Gasteiger partial charge < -0.3 is 5.11 Å². The first kappa shape index (κ1) is 14.5. The van der Waals surface area contributed by atoms with E-state index in [1.54, 1.807) is 12.1 Å². The van der Waals surface area contributed by atoms with Gasteiger partial charge >= 0.3 is 0 Å². The van der Waals surface area contributed by atoms with E-state index in [-0.39, 0.29) is 5.75 Å². The van der Waals surface area contributed by atoms with Gasteiger partial charge in [-0.05, 0) is 48.6 Å². The van der Waals surface area contributed by atoms with Gasteiger partial charge in [0.05, 0.1) is 0 Å². The lowest BCUT2D eigenvalue weighted by molar-refractivity contribution is 0.475. The van der Waals surface area contributed by atoms with Crippen LogP contribution < -0.4 is 0 Å². The van der Waals surface area contributed by atoms with Crippen molar-refractivity contribution in [1.82, 2.24) is 9.97 Å². The van der Waals surface area contributed by atoms with Crippen LogP contribution >= 0.6 is 0 Å². The van der Waals surface area contributed by atoms with Gasteiger partial charge in [0.1, 0.15) is 5.75 Å². The molecule has 1 atom stereocenters. The summed E-state index contributed by atoms with van der Waals surface area (Å²) >= 11 is 0. The monoisotopic (exact) mass is 270 g/mol. The lowest BCUT2D eigenvalue weighted by Crippen LogP contribution is -1.96. The Morgan fingerprint density at radius 1 is 1.10 bits per heavy atom. The molecule has 3 nitrogen and oxygen atoms in total. The van der Waals surface area contributed by atoms with Gasteiger partial charge in [-0.3, -0.25) is 0 Å². The minimum absolute atomic E-state index is 0.260. The molecule has 20 heavy (non-hydrogen) atoms. The topological polar surface area (TPSA) is 46.0 Å². The molecule has 0 aliphatic rings. The summed E-state index contributed by atoms with van der Waals surface area (Å²) in [5, 5.41) is 9.27. The molecule has 0 saturated heterocycles. The SMILES string of the molecule is CCC(C)CCCc1cnc(-c2ccc(O)cc2)nc1. The first-order chi connectivity index (χ1) is 9.69. The molecule has 2 rings (SSSR count). The van der Waals surface area contributed by atoms with E-state index in [1.807, 2.05) is 24.5 Å². The van der Waals surface area contributed by atoms with Gasteiger partial charge in [0, 0.05) is 18.0 Å². The number of aryl methyl sites for hydroxylation is 1. The van der Waals surface area contributed by atoms with Crippen molar-refractivity contribution in [2.75, 3.05) is 0 Å². The van der Waals surface area contributed by atoms with E-state index in [4.69, 9.17) is 0 Å². The average Bonchev–Trinajstić information content (AvgIpc) is 2.48. The van der Waals surface area contributed by atoms with Gasteiger partial charge in [-0.15, -0.1) is 0 Å². The van der Waals surface area contributed by atoms with Crippen molar-refractivity contribution in [2.45, 2.75) is 39.5 Å². The van der Waals surface area contributed by atoms with Gasteiger partial charge in [0.25, 0.3) is 0 Å². The maximum atomic E-state index is 9.27. The lowest BCUT2D eigenvalue weighted by Gasteiger charge is -2.07. The molecule has 2 aromatic rings. The molecule has 0 fully saturated rings. The third-order valence-corrected chi connectivity index (χ3v) is 3.69. The quantitative estimate of drug-likeness (QED) is 0.855. The minimum Gasteiger partial charge on any atom is -0.508 e. The molecule has 3 heteroatoms. The highest BCUT2D eigenvalue weighted by molar-refractivity contribution is 5.55. The third-order valence-electron chi connectivity index (χ3n) is 3.69. The smallest absolute Gasteiger partial charge is 0.159 e. The van der Waals surface area contributed by atoms with Crippen molar-refractivity contribution in [3.05, 3.63) is 42.2 Å². The molecule has 1 aromatic carbocycles. The minimum atomic E-state index is 0.260. The highest BCUT2D eigenvalue weighted by Crippen LogP contribution is 2.18. The Balaban J connectivity index is 1.94. The predicted octanol–water partition coefficient (Wildman–Crippen LogP) is 4.22. The summed E-state index contributed by atoms with van der Waals surface area (Å²) in [5.74, 6) is 1.76. The van der Waals surface area contributed by atoms with Crippen LogP contribution in [-0.4, -0.2) is 15.1 Å². The van der Waals surface area contributed by atoms with Gasteiger partial charge in [0.2, 0.25) is 0 Å². The fourth-order valence-electron chi connectivity index (χ4n) is 2.10. The Labute approximate surface area is 120 Å². The first-order valence-corrected chi connectivity index (χ1v) is 7.29. The maximum absolute atomic E-state index is 9.27. The van der Waals surface area contributed by atoms with Crippen molar-refractivity contribution in [3.63, 3.8) is 0 Å². The van der Waals surface area contributed by atoms with Crippen molar-refractivity contribution in [1.29, 1.82) is 0 Å². The molecule has 0 bridgehead atoms. The van der Waals surface area contributed by atoms with Crippen molar-refractivity contribution in [3.8, 4) is 17.1 Å². The zero-order chi connectivity index (χ0) is 14.4. The second-order valence-corrected chi connectivity index (χ2v) is 5.37. The van der Waals surface area contributed by atoms with Crippen LogP contribution in [0.3, 0.4) is 0 Å². The largest absolute Gasteiger partial charge is 0.508 e. The van der Waals surface area contributed by atoms with E-state index in [9.17, 15) is 5.11 Å². The van der Waals surface area contributed by atoms with Gasteiger partial charge in [-0.2, -0.15) is 0 Å². The number of phenolic OH excluding ortho intramolecular Hbond substituents is 1. The molecule has 0 aliphatic heterocycles. The number of aromatic hydroxyl groups is 1. The molecule has 0 spiro atoms. The maximum Gasteiger partial charge on any atom is 0.159 e. The van der Waals surface area contributed by atoms with E-state index < -0.39 is 0 Å². The van der Waals surface area contributed by atoms with Gasteiger partial charge in [-0.1, -0.05) is 26.7 Å². The predicted molar refractivity (Wildman–Crippen MR) is 81.5 cm³/mol. The van der Waals surface area contributed by atoms with Crippen LogP contribution in [-0.2, 0) is 6.42 Å². The lowest BCUT2D eigenvalue weighted by atomic mass is 10.0. The molecule has 0 saturated carbocycles. The number of rotatable bonds is 6. The highest BCUT2D eigenvalue weighted by atomic mass is 16.3. The highest BCUT2D eigenvalue weighted by Gasteiger charge is 2.03. The summed E-state index contributed by atoms with van der Waals surface area (Å²) < 4.78 is 0. The second-order valence-electron chi connectivity index (χ2n) is 5.37. The molecule has 106 valence electrons. The molecule has 0 radical (unpaired) electrons. The summed E-state index contributed by atoms with van der Waals surface area (Å²) in [6.45, 7) is 4.53. The standard InChI is InChI=1S/C17H22N2O/c1-3-13(2)5-4-6-14-11-18-17(19-12-14)15-7-9-16(20)10-8-15/h7-13,20H,3-6H2,1-2H3. The molecular formula is C17H22N2O. The third kappa shape index (κ3) is 4.05. The Morgan fingerprint density at radius 2 is 1.75 bits per heavy atom. The number of benzene rings is 1. The Morgan fingerprint density at radius 3 is 2.35 bits per heavy atom. The first-order valence-electron chi connectivity index (χ1n) is 7.29. The molecular weight excluding hydrogens is 248 g/mol. The number of phenols is 1. The van der Waals surface area contributed by atoms with Crippen LogP contribution in [0.15, 0.2) is 36.7 Å². The second kappa shape index (κ2) is 7.04.